The third-order valence-electron chi connectivity index (χ3n) is 4.06. The summed E-state index contributed by atoms with van der Waals surface area (Å²) >= 11 is 7.29. The van der Waals surface area contributed by atoms with E-state index in [0.29, 0.717) is 38.0 Å². The van der Waals surface area contributed by atoms with E-state index in [1.54, 1.807) is 37.5 Å². The lowest BCUT2D eigenvalue weighted by molar-refractivity contribution is -0.115. The zero-order valence-corrected chi connectivity index (χ0v) is 16.1. The Balaban J connectivity index is 1.65. The number of benzene rings is 2. The van der Waals surface area contributed by atoms with E-state index in [2.05, 4.69) is 10.3 Å². The molecule has 2 aromatic rings. The van der Waals surface area contributed by atoms with Crippen molar-refractivity contribution in [3.8, 4) is 17.2 Å². The van der Waals surface area contributed by atoms with Gasteiger partial charge in [0, 0.05) is 16.7 Å². The zero-order valence-electron chi connectivity index (χ0n) is 14.5. The van der Waals surface area contributed by atoms with Crippen LogP contribution in [0.2, 0.25) is 5.02 Å². The molecule has 1 saturated heterocycles. The van der Waals surface area contributed by atoms with Gasteiger partial charge in [-0.2, -0.15) is 0 Å². The number of thioether (sulfide) groups is 1. The second-order valence-electron chi connectivity index (χ2n) is 5.86. The highest BCUT2D eigenvalue weighted by Gasteiger charge is 2.25. The van der Waals surface area contributed by atoms with E-state index >= 15 is 0 Å². The summed E-state index contributed by atoms with van der Waals surface area (Å²) < 4.78 is 16.2. The van der Waals surface area contributed by atoms with Crippen LogP contribution in [0, 0.1) is 6.92 Å². The first kappa shape index (κ1) is 17.8. The lowest BCUT2D eigenvalue weighted by Gasteiger charge is -2.06. The Bertz CT molecular complexity index is 1000. The lowest BCUT2D eigenvalue weighted by atomic mass is 10.1. The summed E-state index contributed by atoms with van der Waals surface area (Å²) in [4.78, 5) is 17.4. The summed E-state index contributed by atoms with van der Waals surface area (Å²) in [5.74, 6) is 1.61. The quantitative estimate of drug-likeness (QED) is 0.776. The van der Waals surface area contributed by atoms with E-state index < -0.39 is 0 Å². The van der Waals surface area contributed by atoms with Crippen molar-refractivity contribution in [1.29, 1.82) is 0 Å². The molecule has 27 heavy (non-hydrogen) atoms. The van der Waals surface area contributed by atoms with Crippen molar-refractivity contribution in [2.75, 3.05) is 13.9 Å². The maximum Gasteiger partial charge on any atom is 0.264 e. The van der Waals surface area contributed by atoms with Gasteiger partial charge in [0.05, 0.1) is 17.7 Å². The standard InChI is InChI=1S/C19H15ClN2O4S/c1-10-3-4-12(20)7-13(10)21-19-22-18(23)17(27-19)6-11-5-15-16(26-9-25-15)8-14(11)24-2/h3-8H,9H2,1-2H3,(H,21,22,23)/b17-6+. The van der Waals surface area contributed by atoms with Gasteiger partial charge in [0.15, 0.2) is 16.7 Å². The molecular formula is C19H15ClN2O4S. The van der Waals surface area contributed by atoms with Gasteiger partial charge in [-0.05, 0) is 48.5 Å². The van der Waals surface area contributed by atoms with Crippen molar-refractivity contribution >= 4 is 46.2 Å². The number of rotatable bonds is 3. The molecular weight excluding hydrogens is 388 g/mol. The summed E-state index contributed by atoms with van der Waals surface area (Å²) in [5, 5.41) is 3.86. The first-order chi connectivity index (χ1) is 13.0. The number of hydrogen-bond acceptors (Lipinski definition) is 6. The van der Waals surface area contributed by atoms with Gasteiger partial charge in [-0.15, -0.1) is 0 Å². The van der Waals surface area contributed by atoms with Crippen LogP contribution in [0.1, 0.15) is 11.1 Å². The molecule has 1 amide bonds. The summed E-state index contributed by atoms with van der Waals surface area (Å²) in [6.07, 6.45) is 1.74. The highest BCUT2D eigenvalue weighted by Crippen LogP contribution is 2.40. The topological polar surface area (TPSA) is 69.2 Å². The number of fused-ring (bicyclic) bond motifs is 1. The van der Waals surface area contributed by atoms with Gasteiger partial charge in [0.25, 0.3) is 5.91 Å². The van der Waals surface area contributed by atoms with Gasteiger partial charge in [0.2, 0.25) is 6.79 Å². The minimum Gasteiger partial charge on any atom is -0.496 e. The second-order valence-corrected chi connectivity index (χ2v) is 7.33. The molecule has 0 spiro atoms. The van der Waals surface area contributed by atoms with E-state index in [4.69, 9.17) is 25.8 Å². The van der Waals surface area contributed by atoms with Crippen molar-refractivity contribution in [3.05, 3.63) is 51.4 Å². The summed E-state index contributed by atoms with van der Waals surface area (Å²) in [5.41, 5.74) is 2.41. The Morgan fingerprint density at radius 1 is 1.26 bits per heavy atom. The van der Waals surface area contributed by atoms with Crippen LogP contribution >= 0.6 is 23.4 Å². The average Bonchev–Trinajstić information content (AvgIpc) is 3.23. The number of nitrogens with zero attached hydrogens (tertiary/aromatic N) is 1. The monoisotopic (exact) mass is 402 g/mol. The molecule has 6 nitrogen and oxygen atoms in total. The van der Waals surface area contributed by atoms with Crippen LogP contribution in [0.4, 0.5) is 5.69 Å². The van der Waals surface area contributed by atoms with Gasteiger partial charge in [-0.25, -0.2) is 4.99 Å². The number of methoxy groups -OCH3 is 1. The zero-order chi connectivity index (χ0) is 19.0. The smallest absolute Gasteiger partial charge is 0.264 e. The predicted molar refractivity (Wildman–Crippen MR) is 106 cm³/mol. The molecule has 2 aromatic carbocycles. The van der Waals surface area contributed by atoms with Crippen LogP contribution in [0.15, 0.2) is 40.2 Å². The minimum absolute atomic E-state index is 0.170. The maximum atomic E-state index is 12.4. The molecule has 8 heteroatoms. The number of carbonyl (C=O) groups excluding carboxylic acids is 1. The molecule has 2 aliphatic heterocycles. The number of aliphatic imine (C=N–C) groups is 1. The number of aryl methyl sites for hydroxylation is 1. The molecule has 2 heterocycles. The van der Waals surface area contributed by atoms with Crippen molar-refractivity contribution in [1.82, 2.24) is 5.32 Å². The van der Waals surface area contributed by atoms with Crippen molar-refractivity contribution in [2.24, 2.45) is 4.99 Å². The van der Waals surface area contributed by atoms with E-state index in [0.717, 1.165) is 11.1 Å². The van der Waals surface area contributed by atoms with Gasteiger partial charge >= 0.3 is 0 Å². The van der Waals surface area contributed by atoms with Crippen molar-refractivity contribution in [2.45, 2.75) is 6.92 Å². The molecule has 0 atom stereocenters. The largest absolute Gasteiger partial charge is 0.496 e. The predicted octanol–water partition coefficient (Wildman–Crippen LogP) is 4.28. The highest BCUT2D eigenvalue weighted by molar-refractivity contribution is 8.18. The Kier molecular flexibility index (Phi) is 4.72. The van der Waals surface area contributed by atoms with Crippen molar-refractivity contribution < 1.29 is 19.0 Å². The summed E-state index contributed by atoms with van der Waals surface area (Å²) in [6, 6.07) is 8.99. The lowest BCUT2D eigenvalue weighted by Crippen LogP contribution is -2.19. The molecule has 0 unspecified atom stereocenters. The number of ether oxygens (including phenoxy) is 3. The molecule has 0 bridgehead atoms. The highest BCUT2D eigenvalue weighted by atomic mass is 35.5. The molecule has 1 fully saturated rings. The molecule has 1 N–H and O–H groups in total. The van der Waals surface area contributed by atoms with E-state index in [1.165, 1.54) is 11.8 Å². The third-order valence-corrected chi connectivity index (χ3v) is 5.20. The molecule has 138 valence electrons. The van der Waals surface area contributed by atoms with E-state index in [9.17, 15) is 4.79 Å². The first-order valence-electron chi connectivity index (χ1n) is 8.07. The van der Waals surface area contributed by atoms with Crippen LogP contribution < -0.4 is 19.5 Å². The van der Waals surface area contributed by atoms with Gasteiger partial charge < -0.3 is 19.5 Å². The van der Waals surface area contributed by atoms with E-state index in [-0.39, 0.29) is 12.7 Å². The average molecular weight is 403 g/mol. The van der Waals surface area contributed by atoms with Crippen LogP contribution in [-0.2, 0) is 4.79 Å². The summed E-state index contributed by atoms with van der Waals surface area (Å²) in [7, 11) is 1.57. The second kappa shape index (κ2) is 7.17. The Morgan fingerprint density at radius 2 is 2.04 bits per heavy atom. The number of nitrogens with one attached hydrogen (secondary N) is 1. The fourth-order valence-corrected chi connectivity index (χ4v) is 3.65. The Morgan fingerprint density at radius 3 is 2.81 bits per heavy atom. The molecule has 0 radical (unpaired) electrons. The van der Waals surface area contributed by atoms with Crippen molar-refractivity contribution in [3.63, 3.8) is 0 Å². The Labute approximate surface area is 165 Å². The number of hydrogen-bond donors (Lipinski definition) is 1. The number of amides is 1. The first-order valence-corrected chi connectivity index (χ1v) is 9.26. The molecule has 0 saturated carbocycles. The fraction of sp³-hybridized carbons (Fsp3) is 0.158. The van der Waals surface area contributed by atoms with Crippen LogP contribution in [0.5, 0.6) is 17.2 Å². The van der Waals surface area contributed by atoms with Gasteiger partial charge in [-0.1, -0.05) is 17.7 Å². The van der Waals surface area contributed by atoms with Crippen LogP contribution in [0.25, 0.3) is 6.08 Å². The fourth-order valence-electron chi connectivity index (χ4n) is 2.66. The SMILES string of the molecule is COc1cc2c(cc1/C=C1/SC(=Nc3cc(Cl)ccc3C)NC1=O)OCO2. The normalized spacial score (nSPS) is 18.3. The molecule has 2 aliphatic rings. The van der Waals surface area contributed by atoms with Crippen LogP contribution in [0.3, 0.4) is 0 Å². The molecule has 0 aliphatic carbocycles. The van der Waals surface area contributed by atoms with E-state index in [1.807, 2.05) is 13.0 Å². The number of amidine groups is 1. The third kappa shape index (κ3) is 3.61. The maximum absolute atomic E-state index is 12.4. The van der Waals surface area contributed by atoms with Gasteiger partial charge in [-0.3, -0.25) is 4.79 Å². The molecule has 4 rings (SSSR count). The van der Waals surface area contributed by atoms with Gasteiger partial charge in [0.1, 0.15) is 5.75 Å². The minimum atomic E-state index is -0.224. The number of halogens is 1. The molecule has 0 aromatic heterocycles. The Hall–Kier alpha value is -2.64. The van der Waals surface area contributed by atoms with Crippen LogP contribution in [-0.4, -0.2) is 25.0 Å². The summed E-state index contributed by atoms with van der Waals surface area (Å²) in [6.45, 7) is 2.11. The number of carbonyl (C=O) groups is 1.